The predicted molar refractivity (Wildman–Crippen MR) is 89.8 cm³/mol. The Bertz CT molecular complexity index is 599. The summed E-state index contributed by atoms with van der Waals surface area (Å²) in [6, 6.07) is 19.2. The fourth-order valence-corrected chi connectivity index (χ4v) is 11.5. The Labute approximate surface area is 171 Å². The van der Waals surface area contributed by atoms with Crippen molar-refractivity contribution in [1.82, 2.24) is 0 Å². The molecule has 0 aliphatic rings. The Hall–Kier alpha value is -0.101. The summed E-state index contributed by atoms with van der Waals surface area (Å²) in [6.45, 7) is 0. The second kappa shape index (κ2) is 9.40. The minimum atomic E-state index is -1.82. The van der Waals surface area contributed by atoms with E-state index >= 15 is 0 Å². The summed E-state index contributed by atoms with van der Waals surface area (Å²) in [4.78, 5) is 23.6. The van der Waals surface area contributed by atoms with Gasteiger partial charge in [0, 0.05) is 0 Å². The molecule has 0 atom stereocenters. The summed E-state index contributed by atoms with van der Waals surface area (Å²) in [5, 5.41) is 19.3. The van der Waals surface area contributed by atoms with Crippen molar-refractivity contribution in [3.63, 3.8) is 0 Å². The molecule has 0 radical (unpaired) electrons. The van der Waals surface area contributed by atoms with E-state index in [1.165, 1.54) is 0 Å². The van der Waals surface area contributed by atoms with Crippen molar-refractivity contribution in [2.24, 2.45) is 0 Å². The molecule has 0 aliphatic heterocycles. The van der Waals surface area contributed by atoms with Crippen molar-refractivity contribution < 1.29 is 19.8 Å². The number of carboxylic acid groups (broad SMARTS) is 2. The molecule has 2 aromatic carbocycles. The molecular weight excluding hydrogens is 348 g/mol. The van der Waals surface area contributed by atoms with Crippen molar-refractivity contribution in [2.75, 3.05) is 0 Å². The SMILES string of the molecule is O=C(O)[C]([Ca][CH2]c1ccccc1)([Ca][CH2]c1ccccc1)C(=O)O. The van der Waals surface area contributed by atoms with Crippen molar-refractivity contribution in [2.45, 2.75) is 2.64 Å². The predicted octanol–water partition coefficient (Wildman–Crippen LogP) is 2.08. The third-order valence-electron chi connectivity index (χ3n) is 4.19. The molecule has 0 aromatic heterocycles. The Morgan fingerprint density at radius 2 is 1.09 bits per heavy atom. The van der Waals surface area contributed by atoms with E-state index in [1.54, 1.807) is 0 Å². The van der Waals surface area contributed by atoms with E-state index in [-0.39, 0.29) is 0 Å². The van der Waals surface area contributed by atoms with Crippen LogP contribution in [0.5, 0.6) is 0 Å². The molecule has 23 heavy (non-hydrogen) atoms. The molecule has 6 heteroatoms. The van der Waals surface area contributed by atoms with Gasteiger partial charge in [0.2, 0.25) is 0 Å². The van der Waals surface area contributed by atoms with E-state index in [0.29, 0.717) is 5.04 Å². The zero-order chi connectivity index (χ0) is 16.7. The van der Waals surface area contributed by atoms with Gasteiger partial charge in [-0.3, -0.25) is 0 Å². The third-order valence-corrected chi connectivity index (χ3v) is 15.9. The van der Waals surface area contributed by atoms with Crippen LogP contribution in [0.15, 0.2) is 60.7 Å². The zero-order valence-corrected chi connectivity index (χ0v) is 17.2. The Morgan fingerprint density at radius 3 is 1.39 bits per heavy atom. The molecule has 0 saturated carbocycles. The first-order valence-electron chi connectivity index (χ1n) is 7.59. The van der Waals surface area contributed by atoms with Gasteiger partial charge in [-0.05, 0) is 0 Å². The van der Waals surface area contributed by atoms with Crippen LogP contribution in [0.2, 0.25) is -2.39 Å². The van der Waals surface area contributed by atoms with Gasteiger partial charge in [-0.1, -0.05) is 0 Å². The third kappa shape index (κ3) is 5.45. The molecule has 0 spiro atoms. The maximum atomic E-state index is 11.8. The second-order valence-electron chi connectivity index (χ2n) is 5.66. The van der Waals surface area contributed by atoms with Crippen molar-refractivity contribution in [3.05, 3.63) is 71.8 Å². The number of rotatable bonds is 8. The summed E-state index contributed by atoms with van der Waals surface area (Å²) < 4.78 is -0.0648. The standard InChI is InChI=1S/2C7H7.C3H2O4.2Ca/c2*1-7-5-3-2-4-6-7;4-2(5)1-3(6)7;;/h2*2-6H,1H2;(H,4,5)(H,6,7);;. The molecule has 4 nitrogen and oxygen atoms in total. The normalized spacial score (nSPS) is 10.4. The van der Waals surface area contributed by atoms with Crippen LogP contribution in [-0.4, -0.2) is 89.8 Å². The fraction of sp³-hybridized carbons (Fsp3) is 0.176. The van der Waals surface area contributed by atoms with Gasteiger partial charge in [0.15, 0.2) is 0 Å². The van der Waals surface area contributed by atoms with Crippen molar-refractivity contribution >= 4 is 79.6 Å². The minimum absolute atomic E-state index is 0.659. The van der Waals surface area contributed by atoms with E-state index in [0.717, 1.165) is 11.1 Å². The Kier molecular flexibility index (Phi) is 7.86. The molecule has 0 fully saturated rings. The van der Waals surface area contributed by atoms with Gasteiger partial charge in [0.05, 0.1) is 0 Å². The summed E-state index contributed by atoms with van der Waals surface area (Å²) in [5.74, 6) is -2.20. The molecule has 0 bridgehead atoms. The molecule has 0 heterocycles. The first-order chi connectivity index (χ1) is 11.0. The van der Waals surface area contributed by atoms with E-state index in [1.807, 2.05) is 60.7 Å². The van der Waals surface area contributed by atoms with Crippen LogP contribution in [0.4, 0.5) is 0 Å². The summed E-state index contributed by atoms with van der Waals surface area (Å²) >= 11 is -3.64. The first-order valence-corrected chi connectivity index (χ1v) is 12.9. The molecule has 0 unspecified atom stereocenters. The van der Waals surface area contributed by atoms with E-state index in [9.17, 15) is 19.8 Å². The molecule has 2 rings (SSSR count). The van der Waals surface area contributed by atoms with E-state index < -0.39 is 77.2 Å². The van der Waals surface area contributed by atoms with Gasteiger partial charge in [-0.2, -0.15) is 0 Å². The van der Waals surface area contributed by atoms with Crippen molar-refractivity contribution in [1.29, 1.82) is 0 Å². The molecule has 0 aliphatic carbocycles. The van der Waals surface area contributed by atoms with Gasteiger partial charge in [-0.25, -0.2) is 0 Å². The molecule has 0 amide bonds. The van der Waals surface area contributed by atoms with Gasteiger partial charge < -0.3 is 0 Å². The van der Waals surface area contributed by atoms with Gasteiger partial charge >= 0.3 is 174 Å². The summed E-state index contributed by atoms with van der Waals surface area (Å²) in [5.41, 5.74) is 2.11. The number of hydrogen-bond acceptors (Lipinski definition) is 2. The van der Waals surface area contributed by atoms with Crippen LogP contribution >= 0.6 is 0 Å². The Morgan fingerprint density at radius 1 is 0.739 bits per heavy atom. The quantitative estimate of drug-likeness (QED) is 0.556. The van der Waals surface area contributed by atoms with Crippen LogP contribution < -0.4 is 0 Å². The molecule has 0 saturated heterocycles. The number of carbonyl (C=O) groups is 2. The van der Waals surface area contributed by atoms with Crippen LogP contribution in [0.3, 0.4) is 0 Å². The second-order valence-corrected chi connectivity index (χ2v) is 15.0. The van der Waals surface area contributed by atoms with E-state index in [2.05, 4.69) is 0 Å². The molecule has 112 valence electrons. The molecule has 2 aromatic rings. The monoisotopic (exact) mass is 364 g/mol. The van der Waals surface area contributed by atoms with Gasteiger partial charge in [0.25, 0.3) is 0 Å². The average molecular weight is 364 g/mol. The number of aliphatic carboxylic acids is 2. The average Bonchev–Trinajstić information content (AvgIpc) is 2.56. The van der Waals surface area contributed by atoms with Crippen LogP contribution in [0, 0.1) is 0 Å². The summed E-state index contributed by atoms with van der Waals surface area (Å²) in [7, 11) is 0. The zero-order valence-electron chi connectivity index (χ0n) is 12.8. The van der Waals surface area contributed by atoms with Gasteiger partial charge in [0.1, 0.15) is 0 Å². The van der Waals surface area contributed by atoms with Crippen molar-refractivity contribution in [3.8, 4) is 0 Å². The fourth-order valence-electron chi connectivity index (χ4n) is 2.65. The number of hydrogen-bond donors (Lipinski definition) is 2. The van der Waals surface area contributed by atoms with Crippen LogP contribution in [-0.2, 0) is 14.6 Å². The maximum absolute atomic E-state index is 11.8. The Balaban J connectivity index is 2.14. The topological polar surface area (TPSA) is 74.6 Å². The number of benzene rings is 2. The molecule has 2 N–H and O–H groups in total. The summed E-state index contributed by atoms with van der Waals surface area (Å²) in [6.07, 6.45) is 0. The van der Waals surface area contributed by atoms with Crippen LogP contribution in [0.25, 0.3) is 0 Å². The van der Waals surface area contributed by atoms with E-state index in [4.69, 9.17) is 0 Å². The number of carboxylic acids is 2. The van der Waals surface area contributed by atoms with Gasteiger partial charge in [-0.15, -0.1) is 0 Å². The van der Waals surface area contributed by atoms with Crippen LogP contribution in [0.1, 0.15) is 11.1 Å². The molecular formula is C17H16Ca2O4. The first kappa shape index (κ1) is 19.2.